The Kier molecular flexibility index (Phi) is 3.38. The summed E-state index contributed by atoms with van der Waals surface area (Å²) in [6.07, 6.45) is 0.575. The summed E-state index contributed by atoms with van der Waals surface area (Å²) in [7, 11) is 0. The van der Waals surface area contributed by atoms with Gasteiger partial charge in [-0.1, -0.05) is 15.9 Å². The summed E-state index contributed by atoms with van der Waals surface area (Å²) in [5.74, 6) is -2.03. The van der Waals surface area contributed by atoms with E-state index in [2.05, 4.69) is 15.9 Å². The zero-order valence-electron chi connectivity index (χ0n) is 6.65. The molecule has 1 aromatic carbocycles. The zero-order chi connectivity index (χ0) is 9.84. The molecule has 0 aliphatic heterocycles. The molecule has 13 heavy (non-hydrogen) atoms. The fourth-order valence-electron chi connectivity index (χ4n) is 0.980. The largest absolute Gasteiger partial charge is 0.204 e. The lowest BCUT2D eigenvalue weighted by Crippen LogP contribution is -1.95. The van der Waals surface area contributed by atoms with Gasteiger partial charge >= 0.3 is 0 Å². The first-order valence-electron chi connectivity index (χ1n) is 3.63. The molecule has 0 aliphatic carbocycles. The average molecular weight is 246 g/mol. The summed E-state index contributed by atoms with van der Waals surface area (Å²) in [5.41, 5.74) is 0.378. The van der Waals surface area contributed by atoms with Gasteiger partial charge in [-0.25, -0.2) is 8.78 Å². The van der Waals surface area contributed by atoms with Gasteiger partial charge in [-0.05, 0) is 24.1 Å². The molecule has 1 aromatic rings. The average Bonchev–Trinajstić information content (AvgIpc) is 2.11. The minimum atomic E-state index is -1.07. The lowest BCUT2D eigenvalue weighted by atomic mass is 10.1. The predicted octanol–water partition coefficient (Wildman–Crippen LogP) is 2.77. The van der Waals surface area contributed by atoms with Crippen LogP contribution in [0.2, 0.25) is 0 Å². The van der Waals surface area contributed by atoms with E-state index < -0.39 is 11.6 Å². The van der Waals surface area contributed by atoms with Crippen LogP contribution in [0.4, 0.5) is 8.78 Å². The van der Waals surface area contributed by atoms with Crippen LogP contribution in [0.25, 0.3) is 0 Å². The maximum atomic E-state index is 12.8. The number of benzene rings is 1. The van der Waals surface area contributed by atoms with Gasteiger partial charge < -0.3 is 0 Å². The molecule has 0 radical (unpaired) electrons. The van der Waals surface area contributed by atoms with E-state index in [1.54, 1.807) is 6.07 Å². The molecule has 0 heterocycles. The second-order valence-electron chi connectivity index (χ2n) is 2.49. The van der Waals surface area contributed by atoms with Crippen LogP contribution in [0, 0.1) is 23.0 Å². The topological polar surface area (TPSA) is 23.8 Å². The number of nitriles is 1. The molecule has 68 valence electrons. The third-order valence-corrected chi connectivity index (χ3v) is 1.99. The quantitative estimate of drug-likeness (QED) is 0.736. The van der Waals surface area contributed by atoms with Crippen LogP contribution in [0.15, 0.2) is 12.1 Å². The molecular formula is C9H6BrF2N. The van der Waals surface area contributed by atoms with Crippen molar-refractivity contribution < 1.29 is 8.78 Å². The first kappa shape index (κ1) is 10.1. The number of aryl methyl sites for hydroxylation is 1. The van der Waals surface area contributed by atoms with Crippen LogP contribution in [-0.2, 0) is 6.42 Å². The second-order valence-corrected chi connectivity index (χ2v) is 3.28. The highest BCUT2D eigenvalue weighted by atomic mass is 79.9. The van der Waals surface area contributed by atoms with Crippen LogP contribution in [0.1, 0.15) is 11.1 Å². The molecule has 0 aromatic heterocycles. The predicted molar refractivity (Wildman–Crippen MR) is 48.6 cm³/mol. The third kappa shape index (κ3) is 2.25. The van der Waals surface area contributed by atoms with E-state index in [1.807, 2.05) is 0 Å². The van der Waals surface area contributed by atoms with Gasteiger partial charge in [0.25, 0.3) is 0 Å². The number of hydrogen-bond donors (Lipinski definition) is 0. The monoisotopic (exact) mass is 245 g/mol. The van der Waals surface area contributed by atoms with E-state index >= 15 is 0 Å². The molecule has 1 rings (SSSR count). The fourth-order valence-corrected chi connectivity index (χ4v) is 1.44. The van der Waals surface area contributed by atoms with Gasteiger partial charge in [-0.3, -0.25) is 0 Å². The molecule has 0 fully saturated rings. The van der Waals surface area contributed by atoms with Gasteiger partial charge in [0, 0.05) is 5.33 Å². The summed E-state index contributed by atoms with van der Waals surface area (Å²) < 4.78 is 25.6. The molecule has 0 unspecified atom stereocenters. The Labute approximate surface area is 83.1 Å². The van der Waals surface area contributed by atoms with Crippen LogP contribution >= 0.6 is 15.9 Å². The Hall–Kier alpha value is -0.950. The van der Waals surface area contributed by atoms with Crippen molar-refractivity contribution in [1.82, 2.24) is 0 Å². The Morgan fingerprint density at radius 3 is 2.62 bits per heavy atom. The molecule has 0 aliphatic rings. The van der Waals surface area contributed by atoms with E-state index in [0.29, 0.717) is 17.3 Å². The zero-order valence-corrected chi connectivity index (χ0v) is 8.24. The number of rotatable bonds is 2. The van der Waals surface area contributed by atoms with Crippen molar-refractivity contribution >= 4 is 15.9 Å². The van der Waals surface area contributed by atoms with Gasteiger partial charge in [0.2, 0.25) is 0 Å². The van der Waals surface area contributed by atoms with Crippen LogP contribution in [0.3, 0.4) is 0 Å². The minimum Gasteiger partial charge on any atom is -0.204 e. The molecule has 0 saturated heterocycles. The normalized spacial score (nSPS) is 9.69. The molecule has 0 amide bonds. The molecule has 0 bridgehead atoms. The first-order chi connectivity index (χ1) is 6.19. The maximum Gasteiger partial charge on any atom is 0.176 e. The van der Waals surface area contributed by atoms with Gasteiger partial charge in [0.05, 0.1) is 5.56 Å². The van der Waals surface area contributed by atoms with Crippen LogP contribution in [0.5, 0.6) is 0 Å². The molecule has 0 spiro atoms. The highest BCUT2D eigenvalue weighted by molar-refractivity contribution is 9.09. The van der Waals surface area contributed by atoms with Gasteiger partial charge in [-0.2, -0.15) is 5.26 Å². The smallest absolute Gasteiger partial charge is 0.176 e. The number of nitrogens with zero attached hydrogens (tertiary/aromatic N) is 1. The van der Waals surface area contributed by atoms with Crippen molar-refractivity contribution in [3.05, 3.63) is 34.9 Å². The SMILES string of the molecule is N#Cc1cc(CCBr)cc(F)c1F. The minimum absolute atomic E-state index is 0.240. The summed E-state index contributed by atoms with van der Waals surface area (Å²) >= 11 is 3.18. The summed E-state index contributed by atoms with van der Waals surface area (Å²) in [6.45, 7) is 0. The van der Waals surface area contributed by atoms with E-state index in [0.717, 1.165) is 6.07 Å². The highest BCUT2D eigenvalue weighted by Crippen LogP contribution is 2.15. The molecule has 4 heteroatoms. The first-order valence-corrected chi connectivity index (χ1v) is 4.75. The number of halogens is 3. The maximum absolute atomic E-state index is 12.8. The van der Waals surface area contributed by atoms with Gasteiger partial charge in [0.1, 0.15) is 6.07 Å². The highest BCUT2D eigenvalue weighted by Gasteiger charge is 2.09. The molecule has 1 nitrogen and oxygen atoms in total. The van der Waals surface area contributed by atoms with Crippen molar-refractivity contribution in [2.45, 2.75) is 6.42 Å². The van der Waals surface area contributed by atoms with E-state index in [-0.39, 0.29) is 5.56 Å². The fraction of sp³-hybridized carbons (Fsp3) is 0.222. The van der Waals surface area contributed by atoms with Crippen molar-refractivity contribution in [2.24, 2.45) is 0 Å². The Morgan fingerprint density at radius 2 is 2.08 bits per heavy atom. The Bertz CT molecular complexity index is 357. The van der Waals surface area contributed by atoms with Crippen molar-refractivity contribution in [2.75, 3.05) is 5.33 Å². The van der Waals surface area contributed by atoms with Gasteiger partial charge in [-0.15, -0.1) is 0 Å². The van der Waals surface area contributed by atoms with E-state index in [9.17, 15) is 8.78 Å². The summed E-state index contributed by atoms with van der Waals surface area (Å²) in [6, 6.07) is 4.07. The van der Waals surface area contributed by atoms with E-state index in [1.165, 1.54) is 6.07 Å². The van der Waals surface area contributed by atoms with Crippen LogP contribution in [-0.4, -0.2) is 5.33 Å². The standard InChI is InChI=1S/C9H6BrF2N/c10-2-1-6-3-7(5-13)9(12)8(11)4-6/h3-4H,1-2H2. The number of alkyl halides is 1. The molecule has 0 atom stereocenters. The lowest BCUT2D eigenvalue weighted by Gasteiger charge is -2.00. The van der Waals surface area contributed by atoms with E-state index in [4.69, 9.17) is 5.26 Å². The van der Waals surface area contributed by atoms with Crippen molar-refractivity contribution in [3.8, 4) is 6.07 Å². The second kappa shape index (κ2) is 4.33. The third-order valence-electron chi connectivity index (χ3n) is 1.59. The summed E-state index contributed by atoms with van der Waals surface area (Å²) in [5, 5.41) is 9.12. The van der Waals surface area contributed by atoms with Crippen LogP contribution < -0.4 is 0 Å². The van der Waals surface area contributed by atoms with Crippen molar-refractivity contribution in [1.29, 1.82) is 5.26 Å². The number of hydrogen-bond acceptors (Lipinski definition) is 1. The summed E-state index contributed by atoms with van der Waals surface area (Å²) in [4.78, 5) is 0. The van der Waals surface area contributed by atoms with Gasteiger partial charge in [0.15, 0.2) is 11.6 Å². The lowest BCUT2D eigenvalue weighted by molar-refractivity contribution is 0.505. The molecule has 0 N–H and O–H groups in total. The van der Waals surface area contributed by atoms with Crippen molar-refractivity contribution in [3.63, 3.8) is 0 Å². The Balaban J connectivity index is 3.16. The molecule has 0 saturated carbocycles. The Morgan fingerprint density at radius 1 is 1.38 bits per heavy atom. The molecular weight excluding hydrogens is 240 g/mol.